The van der Waals surface area contributed by atoms with Gasteiger partial charge in [-0.3, -0.25) is 0 Å². The summed E-state index contributed by atoms with van der Waals surface area (Å²) in [5, 5.41) is 14.3. The lowest BCUT2D eigenvalue weighted by Crippen LogP contribution is -2.35. The van der Waals surface area contributed by atoms with Gasteiger partial charge in [-0.1, -0.05) is 0 Å². The summed E-state index contributed by atoms with van der Waals surface area (Å²) >= 11 is 1.64. The fourth-order valence-electron chi connectivity index (χ4n) is 1.34. The first kappa shape index (κ1) is 7.28. The molecule has 11 heavy (non-hydrogen) atoms. The second-order valence-electron chi connectivity index (χ2n) is 2.75. The van der Waals surface area contributed by atoms with E-state index in [0.29, 0.717) is 6.04 Å². The highest BCUT2D eigenvalue weighted by Gasteiger charge is 2.21. The van der Waals surface area contributed by atoms with Crippen LogP contribution in [0.5, 0.6) is 0 Å². The maximum atomic E-state index is 8.96. The second-order valence-corrected chi connectivity index (χ2v) is 3.75. The Kier molecular flexibility index (Phi) is 1.94. The Hall–Kier alpha value is -0.380. The van der Waals surface area contributed by atoms with Crippen LogP contribution in [0.15, 0.2) is 11.4 Å². The monoisotopic (exact) mass is 169 g/mol. The molecule has 0 aliphatic carbocycles. The van der Waals surface area contributed by atoms with Gasteiger partial charge in [0.25, 0.3) is 0 Å². The van der Waals surface area contributed by atoms with E-state index in [9.17, 15) is 0 Å². The lowest BCUT2D eigenvalue weighted by atomic mass is 9.99. The van der Waals surface area contributed by atoms with Crippen LogP contribution in [0, 0.1) is 0 Å². The van der Waals surface area contributed by atoms with Crippen molar-refractivity contribution in [2.75, 3.05) is 6.54 Å². The van der Waals surface area contributed by atoms with Crippen LogP contribution < -0.4 is 5.32 Å². The minimum atomic E-state index is 0.186. The normalized spacial score (nSPS) is 23.2. The van der Waals surface area contributed by atoms with E-state index in [2.05, 4.69) is 11.4 Å². The molecule has 2 N–H and O–H groups in total. The van der Waals surface area contributed by atoms with E-state index in [1.807, 2.05) is 5.38 Å². The molecule has 1 aliphatic heterocycles. The quantitative estimate of drug-likeness (QED) is 0.699. The summed E-state index contributed by atoms with van der Waals surface area (Å²) in [5.74, 6) is 0. The average Bonchev–Trinajstić information content (AvgIpc) is 2.32. The molecule has 0 radical (unpaired) electrons. The zero-order valence-corrected chi connectivity index (χ0v) is 7.03. The molecule has 3 heteroatoms. The summed E-state index contributed by atoms with van der Waals surface area (Å²) < 4.78 is 0. The van der Waals surface area contributed by atoms with Crippen molar-refractivity contribution in [1.29, 1.82) is 0 Å². The molecule has 1 aromatic heterocycles. The first-order valence-corrected chi connectivity index (χ1v) is 4.70. The van der Waals surface area contributed by atoms with E-state index in [1.54, 1.807) is 11.3 Å². The zero-order valence-electron chi connectivity index (χ0n) is 6.21. The van der Waals surface area contributed by atoms with Crippen molar-refractivity contribution in [2.24, 2.45) is 0 Å². The third-order valence-electron chi connectivity index (χ3n) is 2.12. The van der Waals surface area contributed by atoms with Gasteiger partial charge in [-0.15, -0.1) is 11.3 Å². The largest absolute Gasteiger partial charge is 0.391 e. The molecule has 2 heterocycles. The van der Waals surface area contributed by atoms with E-state index in [4.69, 9.17) is 5.11 Å². The van der Waals surface area contributed by atoms with Gasteiger partial charge in [0, 0.05) is 10.9 Å². The molecule has 0 aromatic carbocycles. The summed E-state index contributed by atoms with van der Waals surface area (Å²) in [6.07, 6.45) is 1.21. The average molecular weight is 169 g/mol. The van der Waals surface area contributed by atoms with Gasteiger partial charge in [0.1, 0.15) is 0 Å². The summed E-state index contributed by atoms with van der Waals surface area (Å²) in [6.45, 7) is 1.30. The summed E-state index contributed by atoms with van der Waals surface area (Å²) in [7, 11) is 0. The molecule has 1 unspecified atom stereocenters. The van der Waals surface area contributed by atoms with E-state index >= 15 is 0 Å². The minimum Gasteiger partial charge on any atom is -0.391 e. The number of rotatable bonds is 2. The predicted molar refractivity (Wildman–Crippen MR) is 45.6 cm³/mol. The molecule has 1 fully saturated rings. The Bertz CT molecular complexity index is 242. The second kappa shape index (κ2) is 2.93. The van der Waals surface area contributed by atoms with Gasteiger partial charge in [0.2, 0.25) is 0 Å². The van der Waals surface area contributed by atoms with E-state index in [1.165, 1.54) is 12.0 Å². The molecule has 2 rings (SSSR count). The van der Waals surface area contributed by atoms with Crippen molar-refractivity contribution >= 4 is 11.3 Å². The molecule has 0 saturated carbocycles. The number of hydrogen-bond acceptors (Lipinski definition) is 3. The lowest BCUT2D eigenvalue weighted by molar-refractivity contribution is 0.280. The highest BCUT2D eigenvalue weighted by Crippen LogP contribution is 2.29. The van der Waals surface area contributed by atoms with Gasteiger partial charge in [-0.2, -0.15) is 0 Å². The van der Waals surface area contributed by atoms with Crippen molar-refractivity contribution in [3.8, 4) is 0 Å². The highest BCUT2D eigenvalue weighted by atomic mass is 32.1. The molecular formula is C8H11NOS. The Morgan fingerprint density at radius 3 is 3.09 bits per heavy atom. The van der Waals surface area contributed by atoms with Gasteiger partial charge in [-0.05, 0) is 30.0 Å². The van der Waals surface area contributed by atoms with Crippen LogP contribution in [0.1, 0.15) is 22.9 Å². The molecular weight excluding hydrogens is 158 g/mol. The Morgan fingerprint density at radius 2 is 2.55 bits per heavy atom. The van der Waals surface area contributed by atoms with Crippen LogP contribution in [0.3, 0.4) is 0 Å². The fraction of sp³-hybridized carbons (Fsp3) is 0.500. The third-order valence-corrected chi connectivity index (χ3v) is 3.04. The number of thiophene rings is 1. The van der Waals surface area contributed by atoms with Crippen LogP contribution in [0.4, 0.5) is 0 Å². The number of nitrogens with one attached hydrogen (secondary N) is 1. The van der Waals surface area contributed by atoms with Crippen molar-refractivity contribution in [1.82, 2.24) is 5.32 Å². The van der Waals surface area contributed by atoms with E-state index < -0.39 is 0 Å². The fourth-order valence-corrected chi connectivity index (χ4v) is 2.14. The molecule has 60 valence electrons. The molecule has 1 saturated heterocycles. The topological polar surface area (TPSA) is 32.3 Å². The van der Waals surface area contributed by atoms with Crippen LogP contribution >= 0.6 is 11.3 Å². The number of hydrogen-bond donors (Lipinski definition) is 2. The SMILES string of the molecule is OCc1sccc1C1CCN1. The van der Waals surface area contributed by atoms with Gasteiger partial charge < -0.3 is 10.4 Å². The zero-order chi connectivity index (χ0) is 7.68. The Morgan fingerprint density at radius 1 is 1.73 bits per heavy atom. The van der Waals surface area contributed by atoms with Crippen LogP contribution in [0.2, 0.25) is 0 Å². The highest BCUT2D eigenvalue weighted by molar-refractivity contribution is 7.10. The van der Waals surface area contributed by atoms with Crippen LogP contribution in [0.25, 0.3) is 0 Å². The van der Waals surface area contributed by atoms with Crippen molar-refractivity contribution < 1.29 is 5.11 Å². The van der Waals surface area contributed by atoms with E-state index in [-0.39, 0.29) is 6.61 Å². The number of aliphatic hydroxyl groups is 1. The van der Waals surface area contributed by atoms with Gasteiger partial charge in [0.15, 0.2) is 0 Å². The molecule has 1 aliphatic rings. The minimum absolute atomic E-state index is 0.186. The number of aliphatic hydroxyl groups excluding tert-OH is 1. The summed E-state index contributed by atoms with van der Waals surface area (Å²) in [6, 6.07) is 2.62. The van der Waals surface area contributed by atoms with Crippen molar-refractivity contribution in [3.05, 3.63) is 21.9 Å². The smallest absolute Gasteiger partial charge is 0.0777 e. The van der Waals surface area contributed by atoms with Gasteiger partial charge in [0.05, 0.1) is 6.61 Å². The van der Waals surface area contributed by atoms with Gasteiger partial charge in [-0.25, -0.2) is 0 Å². The standard InChI is InChI=1S/C8H11NOS/c10-5-8-6(2-4-11-8)7-1-3-9-7/h2,4,7,9-10H,1,3,5H2. The maximum Gasteiger partial charge on any atom is 0.0777 e. The van der Waals surface area contributed by atoms with E-state index in [0.717, 1.165) is 11.4 Å². The van der Waals surface area contributed by atoms with Crippen molar-refractivity contribution in [2.45, 2.75) is 19.1 Å². The summed E-state index contributed by atoms with van der Waals surface area (Å²) in [4.78, 5) is 1.11. The first-order chi connectivity index (χ1) is 5.42. The van der Waals surface area contributed by atoms with Gasteiger partial charge >= 0.3 is 0 Å². The Labute approximate surface area is 69.9 Å². The maximum absolute atomic E-state index is 8.96. The molecule has 1 atom stereocenters. The predicted octanol–water partition coefficient (Wildman–Crippen LogP) is 1.27. The summed E-state index contributed by atoms with van der Waals surface area (Å²) in [5.41, 5.74) is 1.30. The molecule has 0 spiro atoms. The van der Waals surface area contributed by atoms with Crippen LogP contribution in [-0.4, -0.2) is 11.7 Å². The molecule has 2 nitrogen and oxygen atoms in total. The van der Waals surface area contributed by atoms with Crippen molar-refractivity contribution in [3.63, 3.8) is 0 Å². The van der Waals surface area contributed by atoms with Crippen LogP contribution in [-0.2, 0) is 6.61 Å². The molecule has 0 amide bonds. The Balaban J connectivity index is 2.20. The molecule has 1 aromatic rings. The molecule has 0 bridgehead atoms. The lowest BCUT2D eigenvalue weighted by Gasteiger charge is -2.27. The first-order valence-electron chi connectivity index (χ1n) is 3.82. The third kappa shape index (κ3) is 1.20.